The highest BCUT2D eigenvalue weighted by Gasteiger charge is 2.14. The van der Waals surface area contributed by atoms with E-state index in [9.17, 15) is 0 Å². The maximum atomic E-state index is 6.04. The standard InChI is InChI=1S/C18H27N3O/c1-3-13-20-18(19-2)21-14-15-9-11-17(12-10-15)22-16-7-5-4-6-8-16/h3,9-12,16H,1,4-8,13-14H2,2H3,(H2,19,20,21). The Morgan fingerprint density at radius 1 is 1.23 bits per heavy atom. The van der Waals surface area contributed by atoms with E-state index in [-0.39, 0.29) is 0 Å². The van der Waals surface area contributed by atoms with Crippen LogP contribution in [0.1, 0.15) is 37.7 Å². The number of rotatable bonds is 6. The van der Waals surface area contributed by atoms with Gasteiger partial charge in [-0.2, -0.15) is 0 Å². The quantitative estimate of drug-likeness (QED) is 0.482. The highest BCUT2D eigenvalue weighted by molar-refractivity contribution is 5.79. The first-order chi connectivity index (χ1) is 10.8. The Hall–Kier alpha value is -1.97. The molecule has 2 rings (SSSR count). The molecule has 0 aromatic heterocycles. The van der Waals surface area contributed by atoms with Crippen molar-refractivity contribution in [1.29, 1.82) is 0 Å². The van der Waals surface area contributed by atoms with Crippen molar-refractivity contribution in [3.8, 4) is 5.75 Å². The van der Waals surface area contributed by atoms with Crippen LogP contribution in [0.3, 0.4) is 0 Å². The van der Waals surface area contributed by atoms with Gasteiger partial charge in [0.25, 0.3) is 0 Å². The molecule has 0 radical (unpaired) electrons. The third-order valence-corrected chi connectivity index (χ3v) is 3.88. The second kappa shape index (κ2) is 9.13. The van der Waals surface area contributed by atoms with Crippen molar-refractivity contribution in [1.82, 2.24) is 10.6 Å². The van der Waals surface area contributed by atoms with Crippen LogP contribution in [0.15, 0.2) is 41.9 Å². The van der Waals surface area contributed by atoms with Crippen LogP contribution in [0.25, 0.3) is 0 Å². The van der Waals surface area contributed by atoms with Crippen LogP contribution in [0, 0.1) is 0 Å². The monoisotopic (exact) mass is 301 g/mol. The highest BCUT2D eigenvalue weighted by atomic mass is 16.5. The predicted molar refractivity (Wildman–Crippen MR) is 92.3 cm³/mol. The predicted octanol–water partition coefficient (Wildman–Crippen LogP) is 3.25. The second-order valence-corrected chi connectivity index (χ2v) is 5.62. The van der Waals surface area contributed by atoms with Crippen LogP contribution in [0.2, 0.25) is 0 Å². The molecule has 22 heavy (non-hydrogen) atoms. The zero-order valence-electron chi connectivity index (χ0n) is 13.5. The van der Waals surface area contributed by atoms with Gasteiger partial charge in [0.2, 0.25) is 0 Å². The molecule has 0 unspecified atom stereocenters. The molecule has 0 bridgehead atoms. The fraction of sp³-hybridized carbons (Fsp3) is 0.500. The topological polar surface area (TPSA) is 45.7 Å². The molecular formula is C18H27N3O. The van der Waals surface area contributed by atoms with E-state index in [1.165, 1.54) is 37.7 Å². The average molecular weight is 301 g/mol. The van der Waals surface area contributed by atoms with Crippen molar-refractivity contribution in [2.75, 3.05) is 13.6 Å². The van der Waals surface area contributed by atoms with Crippen molar-refractivity contribution in [3.05, 3.63) is 42.5 Å². The number of benzene rings is 1. The van der Waals surface area contributed by atoms with Crippen molar-refractivity contribution >= 4 is 5.96 Å². The first-order valence-electron chi connectivity index (χ1n) is 8.13. The molecule has 0 amide bonds. The number of aliphatic imine (C=N–C) groups is 1. The number of guanidine groups is 1. The van der Waals surface area contributed by atoms with Gasteiger partial charge in [-0.25, -0.2) is 0 Å². The molecule has 0 spiro atoms. The van der Waals surface area contributed by atoms with E-state index < -0.39 is 0 Å². The molecule has 1 aromatic rings. The van der Waals surface area contributed by atoms with Crippen LogP contribution in [0.4, 0.5) is 0 Å². The molecule has 120 valence electrons. The number of nitrogens with one attached hydrogen (secondary N) is 2. The summed E-state index contributed by atoms with van der Waals surface area (Å²) >= 11 is 0. The molecule has 1 fully saturated rings. The van der Waals surface area contributed by atoms with Crippen molar-refractivity contribution in [3.63, 3.8) is 0 Å². The van der Waals surface area contributed by atoms with Gasteiger partial charge in [0, 0.05) is 20.1 Å². The van der Waals surface area contributed by atoms with Crippen LogP contribution >= 0.6 is 0 Å². The molecule has 1 aliphatic carbocycles. The van der Waals surface area contributed by atoms with E-state index in [0.717, 1.165) is 18.3 Å². The number of hydrogen-bond donors (Lipinski definition) is 2. The lowest BCUT2D eigenvalue weighted by Crippen LogP contribution is -2.36. The Balaban J connectivity index is 1.79. The summed E-state index contributed by atoms with van der Waals surface area (Å²) < 4.78 is 6.04. The molecule has 0 aliphatic heterocycles. The zero-order valence-corrected chi connectivity index (χ0v) is 13.5. The normalized spacial score (nSPS) is 16.1. The minimum atomic E-state index is 0.402. The molecule has 1 saturated carbocycles. The van der Waals surface area contributed by atoms with Gasteiger partial charge >= 0.3 is 0 Å². The van der Waals surface area contributed by atoms with Gasteiger partial charge in [0.1, 0.15) is 5.75 Å². The Bertz CT molecular complexity index is 476. The fourth-order valence-corrected chi connectivity index (χ4v) is 2.64. The van der Waals surface area contributed by atoms with Gasteiger partial charge in [0.05, 0.1) is 6.10 Å². The van der Waals surface area contributed by atoms with E-state index in [4.69, 9.17) is 4.74 Å². The number of nitrogens with zero attached hydrogens (tertiary/aromatic N) is 1. The third-order valence-electron chi connectivity index (χ3n) is 3.88. The maximum absolute atomic E-state index is 6.04. The Labute approximate surface area is 133 Å². The molecule has 1 aliphatic rings. The molecule has 0 heterocycles. The lowest BCUT2D eigenvalue weighted by Gasteiger charge is -2.23. The van der Waals surface area contributed by atoms with Crippen LogP contribution in [0.5, 0.6) is 5.75 Å². The first kappa shape index (κ1) is 16.4. The fourth-order valence-electron chi connectivity index (χ4n) is 2.64. The lowest BCUT2D eigenvalue weighted by molar-refractivity contribution is 0.155. The summed E-state index contributed by atoms with van der Waals surface area (Å²) in [5.41, 5.74) is 1.21. The smallest absolute Gasteiger partial charge is 0.191 e. The summed E-state index contributed by atoms with van der Waals surface area (Å²) in [6.45, 7) is 5.12. The Morgan fingerprint density at radius 3 is 2.59 bits per heavy atom. The zero-order chi connectivity index (χ0) is 15.6. The summed E-state index contributed by atoms with van der Waals surface area (Å²) in [7, 11) is 1.76. The summed E-state index contributed by atoms with van der Waals surface area (Å²) in [6, 6.07) is 8.33. The third kappa shape index (κ3) is 5.43. The van der Waals surface area contributed by atoms with E-state index in [1.54, 1.807) is 7.05 Å². The highest BCUT2D eigenvalue weighted by Crippen LogP contribution is 2.23. The van der Waals surface area contributed by atoms with Crippen molar-refractivity contribution in [2.24, 2.45) is 4.99 Å². The number of hydrogen-bond acceptors (Lipinski definition) is 2. The molecule has 0 saturated heterocycles. The molecule has 2 N–H and O–H groups in total. The SMILES string of the molecule is C=CCNC(=NC)NCc1ccc(OC2CCCCC2)cc1. The van der Waals surface area contributed by atoms with Gasteiger partial charge in [-0.1, -0.05) is 24.6 Å². The van der Waals surface area contributed by atoms with E-state index in [2.05, 4.69) is 46.5 Å². The summed E-state index contributed by atoms with van der Waals surface area (Å²) in [5, 5.41) is 6.42. The van der Waals surface area contributed by atoms with E-state index in [0.29, 0.717) is 12.6 Å². The molecule has 4 nitrogen and oxygen atoms in total. The van der Waals surface area contributed by atoms with Gasteiger partial charge < -0.3 is 15.4 Å². The van der Waals surface area contributed by atoms with Crippen LogP contribution in [-0.2, 0) is 6.54 Å². The van der Waals surface area contributed by atoms with E-state index >= 15 is 0 Å². The minimum absolute atomic E-state index is 0.402. The van der Waals surface area contributed by atoms with Gasteiger partial charge in [-0.3, -0.25) is 4.99 Å². The van der Waals surface area contributed by atoms with E-state index in [1.807, 2.05) is 6.08 Å². The first-order valence-corrected chi connectivity index (χ1v) is 8.13. The Kier molecular flexibility index (Phi) is 6.81. The minimum Gasteiger partial charge on any atom is -0.490 e. The van der Waals surface area contributed by atoms with Crippen molar-refractivity contribution in [2.45, 2.75) is 44.8 Å². The Morgan fingerprint density at radius 2 is 1.95 bits per heavy atom. The summed E-state index contributed by atoms with van der Waals surface area (Å²) in [6.07, 6.45) is 8.53. The summed E-state index contributed by atoms with van der Waals surface area (Å²) in [4.78, 5) is 4.16. The van der Waals surface area contributed by atoms with Gasteiger partial charge in [0.15, 0.2) is 5.96 Å². The van der Waals surface area contributed by atoms with Gasteiger partial charge in [-0.05, 0) is 43.4 Å². The molecule has 0 atom stereocenters. The van der Waals surface area contributed by atoms with Crippen LogP contribution in [-0.4, -0.2) is 25.7 Å². The molecule has 1 aromatic carbocycles. The van der Waals surface area contributed by atoms with Crippen LogP contribution < -0.4 is 15.4 Å². The number of ether oxygens (including phenoxy) is 1. The molecular weight excluding hydrogens is 274 g/mol. The largest absolute Gasteiger partial charge is 0.490 e. The lowest BCUT2D eigenvalue weighted by atomic mass is 9.98. The second-order valence-electron chi connectivity index (χ2n) is 5.62. The maximum Gasteiger partial charge on any atom is 0.191 e. The average Bonchev–Trinajstić information content (AvgIpc) is 2.57. The van der Waals surface area contributed by atoms with Gasteiger partial charge in [-0.15, -0.1) is 6.58 Å². The molecule has 4 heteroatoms. The van der Waals surface area contributed by atoms with Crippen molar-refractivity contribution < 1.29 is 4.74 Å². The summed E-state index contributed by atoms with van der Waals surface area (Å²) in [5.74, 6) is 1.76.